The van der Waals surface area contributed by atoms with Crippen molar-refractivity contribution in [2.45, 2.75) is 61.3 Å². The molecule has 0 radical (unpaired) electrons. The van der Waals surface area contributed by atoms with Crippen molar-refractivity contribution in [2.24, 2.45) is 11.8 Å². The highest BCUT2D eigenvalue weighted by atomic mass is 16.2. The summed E-state index contributed by atoms with van der Waals surface area (Å²) in [5.41, 5.74) is 0. The standard InChI is InChI=1S/C10H19NO.2C2H6/c1-8(2)10(12)11-6-4-9(3)5-7-11;2*1-2/h8-9H,4-7H2,1-3H3;2*1-2H3. The largest absolute Gasteiger partial charge is 0.342 e. The van der Waals surface area contributed by atoms with Crippen molar-refractivity contribution in [3.63, 3.8) is 0 Å². The molecule has 1 fully saturated rings. The fourth-order valence-corrected chi connectivity index (χ4v) is 1.59. The first kappa shape index (κ1) is 17.9. The van der Waals surface area contributed by atoms with E-state index in [1.165, 1.54) is 12.8 Å². The number of rotatable bonds is 1. The van der Waals surface area contributed by atoms with Gasteiger partial charge in [-0.1, -0.05) is 48.5 Å². The number of nitrogens with zero attached hydrogens (tertiary/aromatic N) is 1. The van der Waals surface area contributed by atoms with Crippen LogP contribution in [0.5, 0.6) is 0 Å². The molecule has 0 saturated carbocycles. The minimum atomic E-state index is 0.165. The zero-order valence-corrected chi connectivity index (χ0v) is 12.3. The molecule has 0 atom stereocenters. The van der Waals surface area contributed by atoms with E-state index in [0.717, 1.165) is 19.0 Å². The zero-order valence-electron chi connectivity index (χ0n) is 12.3. The second-order valence-corrected chi connectivity index (χ2v) is 4.16. The fourth-order valence-electron chi connectivity index (χ4n) is 1.59. The van der Waals surface area contributed by atoms with E-state index >= 15 is 0 Å². The molecule has 2 heteroatoms. The third-order valence-corrected chi connectivity index (χ3v) is 2.59. The molecule has 2 nitrogen and oxygen atoms in total. The minimum absolute atomic E-state index is 0.165. The van der Waals surface area contributed by atoms with E-state index in [4.69, 9.17) is 0 Å². The van der Waals surface area contributed by atoms with Gasteiger partial charge in [-0.2, -0.15) is 0 Å². The second-order valence-electron chi connectivity index (χ2n) is 4.16. The predicted octanol–water partition coefficient (Wildman–Crippen LogP) is 3.95. The smallest absolute Gasteiger partial charge is 0.225 e. The van der Waals surface area contributed by atoms with Gasteiger partial charge in [0.25, 0.3) is 0 Å². The van der Waals surface area contributed by atoms with Gasteiger partial charge in [0.2, 0.25) is 5.91 Å². The molecular formula is C14H31NO. The average Bonchev–Trinajstić information content (AvgIpc) is 2.34. The fraction of sp³-hybridized carbons (Fsp3) is 0.929. The van der Waals surface area contributed by atoms with Crippen molar-refractivity contribution in [3.05, 3.63) is 0 Å². The Labute approximate surface area is 102 Å². The highest BCUT2D eigenvalue weighted by molar-refractivity contribution is 5.78. The Morgan fingerprint density at radius 2 is 1.44 bits per heavy atom. The number of hydrogen-bond donors (Lipinski definition) is 0. The van der Waals surface area contributed by atoms with Crippen molar-refractivity contribution in [3.8, 4) is 0 Å². The topological polar surface area (TPSA) is 20.3 Å². The third kappa shape index (κ3) is 6.86. The van der Waals surface area contributed by atoms with E-state index in [1.807, 2.05) is 46.4 Å². The molecule has 0 unspecified atom stereocenters. The van der Waals surface area contributed by atoms with Crippen LogP contribution >= 0.6 is 0 Å². The number of hydrogen-bond acceptors (Lipinski definition) is 1. The Morgan fingerprint density at radius 3 is 1.75 bits per heavy atom. The summed E-state index contributed by atoms with van der Waals surface area (Å²) < 4.78 is 0. The summed E-state index contributed by atoms with van der Waals surface area (Å²) in [5, 5.41) is 0. The van der Waals surface area contributed by atoms with Crippen LogP contribution in [0.15, 0.2) is 0 Å². The van der Waals surface area contributed by atoms with E-state index in [-0.39, 0.29) is 5.92 Å². The Hall–Kier alpha value is -0.530. The summed E-state index contributed by atoms with van der Waals surface area (Å²) in [6.07, 6.45) is 2.36. The maximum Gasteiger partial charge on any atom is 0.225 e. The Morgan fingerprint density at radius 1 is 1.06 bits per heavy atom. The summed E-state index contributed by atoms with van der Waals surface area (Å²) in [4.78, 5) is 13.5. The quantitative estimate of drug-likeness (QED) is 0.666. The van der Waals surface area contributed by atoms with Crippen molar-refractivity contribution in [1.82, 2.24) is 4.90 Å². The maximum absolute atomic E-state index is 11.5. The van der Waals surface area contributed by atoms with E-state index in [0.29, 0.717) is 5.91 Å². The SMILES string of the molecule is CC.CC.CC1CCN(C(=O)C(C)C)CC1. The lowest BCUT2D eigenvalue weighted by Crippen LogP contribution is -2.40. The molecule has 1 aliphatic rings. The van der Waals surface area contributed by atoms with Gasteiger partial charge < -0.3 is 4.90 Å². The first-order valence-electron chi connectivity index (χ1n) is 6.90. The second kappa shape index (κ2) is 11.0. The molecule has 1 aliphatic heterocycles. The lowest BCUT2D eigenvalue weighted by Gasteiger charge is -2.31. The molecule has 1 heterocycles. The molecule has 0 spiro atoms. The summed E-state index contributed by atoms with van der Waals surface area (Å²) in [7, 11) is 0. The predicted molar refractivity (Wildman–Crippen MR) is 72.5 cm³/mol. The summed E-state index contributed by atoms with van der Waals surface area (Å²) in [5.74, 6) is 1.29. The molecule has 1 rings (SSSR count). The van der Waals surface area contributed by atoms with Crippen molar-refractivity contribution >= 4 is 5.91 Å². The van der Waals surface area contributed by atoms with Crippen molar-refractivity contribution in [2.75, 3.05) is 13.1 Å². The normalized spacial score (nSPS) is 15.9. The van der Waals surface area contributed by atoms with Gasteiger partial charge >= 0.3 is 0 Å². The van der Waals surface area contributed by atoms with Gasteiger partial charge in [0.15, 0.2) is 0 Å². The number of amides is 1. The highest BCUT2D eigenvalue weighted by Gasteiger charge is 2.21. The number of carbonyl (C=O) groups excluding carboxylic acids is 1. The van der Waals surface area contributed by atoms with E-state index in [9.17, 15) is 4.79 Å². The van der Waals surface area contributed by atoms with Gasteiger partial charge in [-0.3, -0.25) is 4.79 Å². The van der Waals surface area contributed by atoms with Crippen LogP contribution in [0.2, 0.25) is 0 Å². The van der Waals surface area contributed by atoms with E-state index in [1.54, 1.807) is 0 Å². The molecule has 0 aromatic rings. The summed E-state index contributed by atoms with van der Waals surface area (Å²) in [6.45, 7) is 16.1. The highest BCUT2D eigenvalue weighted by Crippen LogP contribution is 2.17. The van der Waals surface area contributed by atoms with E-state index in [2.05, 4.69) is 6.92 Å². The van der Waals surface area contributed by atoms with Crippen molar-refractivity contribution < 1.29 is 4.79 Å². The molecule has 0 bridgehead atoms. The zero-order chi connectivity index (χ0) is 13.1. The van der Waals surface area contributed by atoms with Gasteiger partial charge in [-0.05, 0) is 18.8 Å². The molecular weight excluding hydrogens is 198 g/mol. The molecule has 0 N–H and O–H groups in total. The molecule has 98 valence electrons. The van der Waals surface area contributed by atoms with Crippen LogP contribution in [0, 0.1) is 11.8 Å². The van der Waals surface area contributed by atoms with Gasteiger partial charge in [0, 0.05) is 19.0 Å². The Kier molecular flexibility index (Phi) is 12.2. The molecule has 1 saturated heterocycles. The Balaban J connectivity index is 0. The van der Waals surface area contributed by atoms with Crippen molar-refractivity contribution in [1.29, 1.82) is 0 Å². The van der Waals surface area contributed by atoms with E-state index < -0.39 is 0 Å². The average molecular weight is 229 g/mol. The summed E-state index contributed by atoms with van der Waals surface area (Å²) >= 11 is 0. The number of carbonyl (C=O) groups is 1. The van der Waals surface area contributed by atoms with Crippen LogP contribution in [-0.4, -0.2) is 23.9 Å². The molecule has 0 aromatic carbocycles. The lowest BCUT2D eigenvalue weighted by molar-refractivity contribution is -0.135. The number of likely N-dealkylation sites (tertiary alicyclic amines) is 1. The number of piperidine rings is 1. The van der Waals surface area contributed by atoms with Crippen LogP contribution in [0.25, 0.3) is 0 Å². The molecule has 16 heavy (non-hydrogen) atoms. The van der Waals surface area contributed by atoms with Gasteiger partial charge in [0.1, 0.15) is 0 Å². The molecule has 0 aliphatic carbocycles. The maximum atomic E-state index is 11.5. The van der Waals surface area contributed by atoms with Gasteiger partial charge in [0.05, 0.1) is 0 Å². The minimum Gasteiger partial charge on any atom is -0.342 e. The molecule has 1 amide bonds. The first-order chi connectivity index (χ1) is 7.61. The first-order valence-corrected chi connectivity index (χ1v) is 6.90. The van der Waals surface area contributed by atoms with Crippen LogP contribution in [-0.2, 0) is 4.79 Å². The third-order valence-electron chi connectivity index (χ3n) is 2.59. The van der Waals surface area contributed by atoms with Gasteiger partial charge in [-0.25, -0.2) is 0 Å². The Bertz CT molecular complexity index is 158. The van der Waals surface area contributed by atoms with Crippen LogP contribution in [0.3, 0.4) is 0 Å². The van der Waals surface area contributed by atoms with Crippen LogP contribution < -0.4 is 0 Å². The summed E-state index contributed by atoms with van der Waals surface area (Å²) in [6, 6.07) is 0. The monoisotopic (exact) mass is 229 g/mol. The molecule has 0 aromatic heterocycles. The van der Waals surface area contributed by atoms with Crippen LogP contribution in [0.4, 0.5) is 0 Å². The lowest BCUT2D eigenvalue weighted by atomic mass is 9.98. The van der Waals surface area contributed by atoms with Crippen LogP contribution in [0.1, 0.15) is 61.3 Å². The van der Waals surface area contributed by atoms with Gasteiger partial charge in [-0.15, -0.1) is 0 Å².